The monoisotopic (exact) mass is 313 g/mol. The van der Waals surface area contributed by atoms with Crippen LogP contribution in [0.4, 0.5) is 11.4 Å². The number of nitro groups is 1. The van der Waals surface area contributed by atoms with Crippen molar-refractivity contribution in [3.05, 3.63) is 33.9 Å². The number of hydrogen-bond donors (Lipinski definition) is 1. The summed E-state index contributed by atoms with van der Waals surface area (Å²) in [7, 11) is -3.17. The Bertz CT molecular complexity index is 645. The SMILES string of the molecule is Cc1cc(N[C@H]2CCCN(S(C)(=O)=O)C2)ccc1[N+](=O)[O-]. The molecule has 1 aromatic carbocycles. The zero-order chi connectivity index (χ0) is 15.6. The quantitative estimate of drug-likeness (QED) is 0.675. The lowest BCUT2D eigenvalue weighted by Gasteiger charge is -2.32. The number of aryl methyl sites for hydroxylation is 1. The molecule has 0 bridgehead atoms. The molecule has 116 valence electrons. The van der Waals surface area contributed by atoms with Crippen LogP contribution in [0.15, 0.2) is 18.2 Å². The Morgan fingerprint density at radius 2 is 2.14 bits per heavy atom. The second kappa shape index (κ2) is 5.98. The van der Waals surface area contributed by atoms with Gasteiger partial charge in [-0.1, -0.05) is 0 Å². The molecule has 0 unspecified atom stereocenters. The summed E-state index contributed by atoms with van der Waals surface area (Å²) in [5.41, 5.74) is 1.45. The van der Waals surface area contributed by atoms with E-state index in [0.29, 0.717) is 18.7 Å². The molecule has 1 aliphatic heterocycles. The van der Waals surface area contributed by atoms with Crippen LogP contribution in [0.5, 0.6) is 0 Å². The zero-order valence-electron chi connectivity index (χ0n) is 12.1. The normalized spacial score (nSPS) is 20.2. The Kier molecular flexibility index (Phi) is 4.48. The molecule has 0 spiro atoms. The van der Waals surface area contributed by atoms with Gasteiger partial charge < -0.3 is 5.32 Å². The second-order valence-corrected chi connectivity index (χ2v) is 7.35. The van der Waals surface area contributed by atoms with Crippen LogP contribution in [0.3, 0.4) is 0 Å². The van der Waals surface area contributed by atoms with Crippen LogP contribution < -0.4 is 5.32 Å². The number of nitro benzene ring substituents is 1. The molecule has 1 aliphatic rings. The van der Waals surface area contributed by atoms with Gasteiger partial charge in [-0.25, -0.2) is 12.7 Å². The Labute approximate surface area is 124 Å². The van der Waals surface area contributed by atoms with Crippen LogP contribution in [-0.4, -0.2) is 43.0 Å². The van der Waals surface area contributed by atoms with Crippen molar-refractivity contribution in [2.24, 2.45) is 0 Å². The predicted molar refractivity (Wildman–Crippen MR) is 80.9 cm³/mol. The van der Waals surface area contributed by atoms with Gasteiger partial charge >= 0.3 is 0 Å². The minimum atomic E-state index is -3.17. The van der Waals surface area contributed by atoms with Crippen molar-refractivity contribution in [3.8, 4) is 0 Å². The smallest absolute Gasteiger partial charge is 0.272 e. The van der Waals surface area contributed by atoms with Gasteiger partial charge in [0.15, 0.2) is 0 Å². The van der Waals surface area contributed by atoms with Gasteiger partial charge in [0.2, 0.25) is 10.0 Å². The summed E-state index contributed by atoms with van der Waals surface area (Å²) >= 11 is 0. The van der Waals surface area contributed by atoms with E-state index >= 15 is 0 Å². The molecule has 21 heavy (non-hydrogen) atoms. The molecule has 0 aliphatic carbocycles. The third-order valence-electron chi connectivity index (χ3n) is 3.62. The molecule has 1 heterocycles. The van der Waals surface area contributed by atoms with Crippen LogP contribution in [0.1, 0.15) is 18.4 Å². The highest BCUT2D eigenvalue weighted by atomic mass is 32.2. The summed E-state index contributed by atoms with van der Waals surface area (Å²) in [4.78, 5) is 10.4. The molecule has 1 fully saturated rings. The number of anilines is 1. The Balaban J connectivity index is 2.08. The van der Waals surface area contributed by atoms with E-state index in [2.05, 4.69) is 5.32 Å². The maximum atomic E-state index is 11.6. The molecule has 2 rings (SSSR count). The molecule has 0 aromatic heterocycles. The molecule has 1 saturated heterocycles. The van der Waals surface area contributed by atoms with Crippen LogP contribution in [0.2, 0.25) is 0 Å². The molecule has 1 atom stereocenters. The lowest BCUT2D eigenvalue weighted by Crippen LogP contribution is -2.44. The van der Waals surface area contributed by atoms with Gasteiger partial charge in [-0.05, 0) is 31.9 Å². The number of rotatable bonds is 4. The fraction of sp³-hybridized carbons (Fsp3) is 0.538. The lowest BCUT2D eigenvalue weighted by atomic mass is 10.1. The predicted octanol–water partition coefficient (Wildman–Crippen LogP) is 1.74. The lowest BCUT2D eigenvalue weighted by molar-refractivity contribution is -0.385. The summed E-state index contributed by atoms with van der Waals surface area (Å²) in [5, 5.41) is 14.0. The zero-order valence-corrected chi connectivity index (χ0v) is 12.9. The number of hydrogen-bond acceptors (Lipinski definition) is 5. The summed E-state index contributed by atoms with van der Waals surface area (Å²) in [6, 6.07) is 4.87. The van der Waals surface area contributed by atoms with Gasteiger partial charge in [0.1, 0.15) is 0 Å². The molecular weight excluding hydrogens is 294 g/mol. The number of nitrogens with one attached hydrogen (secondary N) is 1. The van der Waals surface area contributed by atoms with Crippen molar-refractivity contribution in [1.82, 2.24) is 4.31 Å². The Morgan fingerprint density at radius 3 is 2.71 bits per heavy atom. The summed E-state index contributed by atoms with van der Waals surface area (Å²) in [6.07, 6.45) is 2.89. The number of sulfonamides is 1. The van der Waals surface area contributed by atoms with Crippen molar-refractivity contribution in [2.75, 3.05) is 24.7 Å². The molecular formula is C13H19N3O4S. The Morgan fingerprint density at radius 1 is 1.43 bits per heavy atom. The van der Waals surface area contributed by atoms with Crippen LogP contribution in [-0.2, 0) is 10.0 Å². The van der Waals surface area contributed by atoms with Crippen molar-refractivity contribution < 1.29 is 13.3 Å². The van der Waals surface area contributed by atoms with Gasteiger partial charge in [0.05, 0.1) is 11.2 Å². The highest BCUT2D eigenvalue weighted by Gasteiger charge is 2.25. The van der Waals surface area contributed by atoms with Crippen LogP contribution in [0.25, 0.3) is 0 Å². The van der Waals surface area contributed by atoms with E-state index in [9.17, 15) is 18.5 Å². The van der Waals surface area contributed by atoms with Crippen LogP contribution in [0, 0.1) is 17.0 Å². The fourth-order valence-corrected chi connectivity index (χ4v) is 3.46. The van der Waals surface area contributed by atoms with E-state index in [1.54, 1.807) is 19.1 Å². The third-order valence-corrected chi connectivity index (χ3v) is 4.89. The third kappa shape index (κ3) is 3.92. The van der Waals surface area contributed by atoms with E-state index in [1.165, 1.54) is 16.6 Å². The van der Waals surface area contributed by atoms with E-state index in [4.69, 9.17) is 0 Å². The molecule has 7 nitrogen and oxygen atoms in total. The number of nitrogens with zero attached hydrogens (tertiary/aromatic N) is 2. The minimum Gasteiger partial charge on any atom is -0.381 e. The standard InChI is InChI=1S/C13H19N3O4S/c1-10-8-11(5-6-13(10)16(17)18)14-12-4-3-7-15(9-12)21(2,19)20/h5-6,8,12,14H,3-4,7,9H2,1-2H3/t12-/m0/s1. The molecule has 0 saturated carbocycles. The number of benzene rings is 1. The average Bonchev–Trinajstić information content (AvgIpc) is 2.37. The topological polar surface area (TPSA) is 92.6 Å². The summed E-state index contributed by atoms with van der Waals surface area (Å²) in [6.45, 7) is 2.66. The minimum absolute atomic E-state index is 0.0225. The first-order valence-corrected chi connectivity index (χ1v) is 8.59. The highest BCUT2D eigenvalue weighted by Crippen LogP contribution is 2.23. The van der Waals surface area contributed by atoms with Crippen molar-refractivity contribution in [3.63, 3.8) is 0 Å². The van der Waals surface area contributed by atoms with E-state index in [1.807, 2.05) is 0 Å². The fourth-order valence-electron chi connectivity index (χ4n) is 2.55. The summed E-state index contributed by atoms with van der Waals surface area (Å²) in [5.74, 6) is 0. The molecule has 1 N–H and O–H groups in total. The number of piperidine rings is 1. The van der Waals surface area contributed by atoms with Gasteiger partial charge in [0, 0.05) is 36.4 Å². The van der Waals surface area contributed by atoms with Crippen LogP contribution >= 0.6 is 0 Å². The largest absolute Gasteiger partial charge is 0.381 e. The van der Waals surface area contributed by atoms with Gasteiger partial charge in [0.25, 0.3) is 5.69 Å². The Hall–Kier alpha value is -1.67. The van der Waals surface area contributed by atoms with Gasteiger partial charge in [-0.2, -0.15) is 0 Å². The average molecular weight is 313 g/mol. The second-order valence-electron chi connectivity index (χ2n) is 5.36. The maximum Gasteiger partial charge on any atom is 0.272 e. The molecule has 0 amide bonds. The summed E-state index contributed by atoms with van der Waals surface area (Å²) < 4.78 is 24.6. The van der Waals surface area contributed by atoms with Gasteiger partial charge in [-0.3, -0.25) is 10.1 Å². The molecule has 8 heteroatoms. The van der Waals surface area contributed by atoms with E-state index < -0.39 is 14.9 Å². The first kappa shape index (κ1) is 15.7. The first-order chi connectivity index (χ1) is 9.77. The van der Waals surface area contributed by atoms with Crippen molar-refractivity contribution in [2.45, 2.75) is 25.8 Å². The molecule has 1 aromatic rings. The highest BCUT2D eigenvalue weighted by molar-refractivity contribution is 7.88. The van der Waals surface area contributed by atoms with E-state index in [0.717, 1.165) is 18.5 Å². The molecule has 0 radical (unpaired) electrons. The maximum absolute atomic E-state index is 11.6. The van der Waals surface area contributed by atoms with Crippen molar-refractivity contribution in [1.29, 1.82) is 0 Å². The van der Waals surface area contributed by atoms with Gasteiger partial charge in [-0.15, -0.1) is 0 Å². The first-order valence-electron chi connectivity index (χ1n) is 6.74. The van der Waals surface area contributed by atoms with E-state index in [-0.39, 0.29) is 11.7 Å². The van der Waals surface area contributed by atoms with Crippen molar-refractivity contribution >= 4 is 21.4 Å².